The number of benzene rings is 1. The van der Waals surface area contributed by atoms with Gasteiger partial charge in [0.25, 0.3) is 0 Å². The van der Waals surface area contributed by atoms with E-state index in [0.29, 0.717) is 5.56 Å². The normalized spacial score (nSPS) is 16.5. The third-order valence-electron chi connectivity index (χ3n) is 3.04. The molecule has 1 saturated heterocycles. The Bertz CT molecular complexity index is 419. The van der Waals surface area contributed by atoms with Crippen LogP contribution in [0.15, 0.2) is 12.1 Å². The lowest BCUT2D eigenvalue weighted by atomic mass is 10.1. The summed E-state index contributed by atoms with van der Waals surface area (Å²) in [5.74, 6) is 0.927. The van der Waals surface area contributed by atoms with E-state index in [9.17, 15) is 0 Å². The lowest BCUT2D eigenvalue weighted by Crippen LogP contribution is -2.26. The van der Waals surface area contributed by atoms with Crippen LogP contribution in [-0.4, -0.2) is 19.3 Å². The van der Waals surface area contributed by atoms with Gasteiger partial charge in [-0.05, 0) is 37.1 Å². The Hall–Kier alpha value is -1.53. The van der Waals surface area contributed by atoms with Gasteiger partial charge in [-0.2, -0.15) is 5.26 Å². The Morgan fingerprint density at radius 1 is 1.24 bits per heavy atom. The first kappa shape index (κ1) is 11.9. The van der Waals surface area contributed by atoms with Crippen molar-refractivity contribution in [2.24, 2.45) is 0 Å². The first-order chi connectivity index (χ1) is 8.20. The van der Waals surface area contributed by atoms with Crippen molar-refractivity contribution in [1.82, 2.24) is 0 Å². The Kier molecular flexibility index (Phi) is 3.65. The molecule has 0 aromatic heterocycles. The van der Waals surface area contributed by atoms with Crippen LogP contribution in [0.3, 0.4) is 0 Å². The van der Waals surface area contributed by atoms with E-state index in [2.05, 4.69) is 6.07 Å². The third kappa shape index (κ3) is 2.78. The molecule has 90 valence electrons. The maximum absolute atomic E-state index is 8.89. The molecule has 1 aliphatic rings. The highest BCUT2D eigenvalue weighted by molar-refractivity contribution is 5.47. The fourth-order valence-electron chi connectivity index (χ4n) is 2.16. The number of hydrogen-bond acceptors (Lipinski definition) is 3. The first-order valence-corrected chi connectivity index (χ1v) is 5.96. The van der Waals surface area contributed by atoms with Gasteiger partial charge in [0.05, 0.1) is 24.8 Å². The Labute approximate surface area is 102 Å². The van der Waals surface area contributed by atoms with Crippen molar-refractivity contribution in [3.05, 3.63) is 28.8 Å². The smallest absolute Gasteiger partial charge is 0.125 e. The van der Waals surface area contributed by atoms with E-state index < -0.39 is 0 Å². The fourth-order valence-corrected chi connectivity index (χ4v) is 2.16. The Morgan fingerprint density at radius 3 is 2.35 bits per heavy atom. The molecule has 0 N–H and O–H groups in total. The molecule has 0 atom stereocenters. The molecule has 3 heteroatoms. The molecular formula is C14H17NO2. The van der Waals surface area contributed by atoms with Gasteiger partial charge < -0.3 is 9.47 Å². The van der Waals surface area contributed by atoms with Crippen LogP contribution in [0.2, 0.25) is 0 Å². The number of nitrogens with zero attached hydrogens (tertiary/aromatic N) is 1. The summed E-state index contributed by atoms with van der Waals surface area (Å²) in [5, 5.41) is 8.89. The highest BCUT2D eigenvalue weighted by atomic mass is 16.5. The molecule has 0 amide bonds. The summed E-state index contributed by atoms with van der Waals surface area (Å²) in [5.41, 5.74) is 2.76. The molecule has 1 fully saturated rings. The van der Waals surface area contributed by atoms with Crippen molar-refractivity contribution >= 4 is 0 Å². The van der Waals surface area contributed by atoms with E-state index in [-0.39, 0.29) is 6.10 Å². The summed E-state index contributed by atoms with van der Waals surface area (Å²) >= 11 is 0. The summed E-state index contributed by atoms with van der Waals surface area (Å²) in [7, 11) is 0. The number of aryl methyl sites for hydroxylation is 2. The predicted molar refractivity (Wildman–Crippen MR) is 65.1 cm³/mol. The molecule has 0 saturated carbocycles. The van der Waals surface area contributed by atoms with Gasteiger partial charge in [0.15, 0.2) is 0 Å². The SMILES string of the molecule is Cc1cc(C#N)cc(C)c1OC1CCOCC1. The van der Waals surface area contributed by atoms with Gasteiger partial charge in [-0.1, -0.05) is 0 Å². The van der Waals surface area contributed by atoms with Gasteiger partial charge in [0.1, 0.15) is 11.9 Å². The minimum Gasteiger partial charge on any atom is -0.490 e. The van der Waals surface area contributed by atoms with Crippen LogP contribution in [0.4, 0.5) is 0 Å². The number of hydrogen-bond donors (Lipinski definition) is 0. The third-order valence-corrected chi connectivity index (χ3v) is 3.04. The van der Waals surface area contributed by atoms with Crippen LogP contribution in [0.25, 0.3) is 0 Å². The van der Waals surface area contributed by atoms with E-state index >= 15 is 0 Å². The largest absolute Gasteiger partial charge is 0.490 e. The topological polar surface area (TPSA) is 42.2 Å². The van der Waals surface area contributed by atoms with Crippen molar-refractivity contribution in [2.75, 3.05) is 13.2 Å². The molecule has 0 aliphatic carbocycles. The highest BCUT2D eigenvalue weighted by Gasteiger charge is 2.17. The van der Waals surface area contributed by atoms with Gasteiger partial charge in [-0.15, -0.1) is 0 Å². The number of rotatable bonds is 2. The van der Waals surface area contributed by atoms with E-state index in [1.165, 1.54) is 0 Å². The van der Waals surface area contributed by atoms with Crippen LogP contribution >= 0.6 is 0 Å². The Morgan fingerprint density at radius 2 is 1.82 bits per heavy atom. The summed E-state index contributed by atoms with van der Waals surface area (Å²) in [6, 6.07) is 5.92. The fraction of sp³-hybridized carbons (Fsp3) is 0.500. The lowest BCUT2D eigenvalue weighted by molar-refractivity contribution is 0.0250. The lowest BCUT2D eigenvalue weighted by Gasteiger charge is -2.25. The predicted octanol–water partition coefficient (Wildman–Crippen LogP) is 2.73. The van der Waals surface area contributed by atoms with Crippen LogP contribution in [0.5, 0.6) is 5.75 Å². The Balaban J connectivity index is 2.18. The van der Waals surface area contributed by atoms with Crippen LogP contribution < -0.4 is 4.74 Å². The van der Waals surface area contributed by atoms with Crippen LogP contribution in [0.1, 0.15) is 29.5 Å². The molecule has 0 radical (unpaired) electrons. The van der Waals surface area contributed by atoms with Crippen molar-refractivity contribution < 1.29 is 9.47 Å². The monoisotopic (exact) mass is 231 g/mol. The molecule has 0 unspecified atom stereocenters. The first-order valence-electron chi connectivity index (χ1n) is 5.96. The summed E-state index contributed by atoms with van der Waals surface area (Å²) in [6.45, 7) is 5.53. The quantitative estimate of drug-likeness (QED) is 0.786. The highest BCUT2D eigenvalue weighted by Crippen LogP contribution is 2.27. The van der Waals surface area contributed by atoms with Gasteiger partial charge in [0.2, 0.25) is 0 Å². The zero-order chi connectivity index (χ0) is 12.3. The van der Waals surface area contributed by atoms with Gasteiger partial charge in [-0.25, -0.2) is 0 Å². The second-order valence-corrected chi connectivity index (χ2v) is 4.48. The van der Waals surface area contributed by atoms with Gasteiger partial charge in [0, 0.05) is 12.8 Å². The molecule has 1 aromatic rings. The molecule has 1 heterocycles. The zero-order valence-electron chi connectivity index (χ0n) is 10.3. The second kappa shape index (κ2) is 5.20. The average Bonchev–Trinajstić information content (AvgIpc) is 2.35. The molecule has 17 heavy (non-hydrogen) atoms. The summed E-state index contributed by atoms with van der Waals surface area (Å²) in [4.78, 5) is 0. The van der Waals surface area contributed by atoms with Crippen LogP contribution in [0, 0.1) is 25.2 Å². The van der Waals surface area contributed by atoms with E-state index in [1.54, 1.807) is 0 Å². The molecule has 0 bridgehead atoms. The average molecular weight is 231 g/mol. The molecule has 1 aromatic carbocycles. The standard InChI is InChI=1S/C14H17NO2/c1-10-7-12(9-15)8-11(2)14(10)17-13-3-5-16-6-4-13/h7-8,13H,3-6H2,1-2H3. The molecule has 3 nitrogen and oxygen atoms in total. The van der Waals surface area contributed by atoms with E-state index in [4.69, 9.17) is 14.7 Å². The van der Waals surface area contributed by atoms with E-state index in [1.807, 2.05) is 26.0 Å². The van der Waals surface area contributed by atoms with Crippen LogP contribution in [-0.2, 0) is 4.74 Å². The van der Waals surface area contributed by atoms with Crippen molar-refractivity contribution in [2.45, 2.75) is 32.8 Å². The summed E-state index contributed by atoms with van der Waals surface area (Å²) in [6.07, 6.45) is 2.13. The minimum absolute atomic E-state index is 0.245. The number of nitriles is 1. The van der Waals surface area contributed by atoms with Gasteiger partial charge >= 0.3 is 0 Å². The van der Waals surface area contributed by atoms with Crippen molar-refractivity contribution in [3.63, 3.8) is 0 Å². The minimum atomic E-state index is 0.245. The van der Waals surface area contributed by atoms with Gasteiger partial charge in [-0.3, -0.25) is 0 Å². The zero-order valence-corrected chi connectivity index (χ0v) is 10.3. The van der Waals surface area contributed by atoms with Crippen molar-refractivity contribution in [1.29, 1.82) is 5.26 Å². The van der Waals surface area contributed by atoms with Crippen molar-refractivity contribution in [3.8, 4) is 11.8 Å². The second-order valence-electron chi connectivity index (χ2n) is 4.48. The van der Waals surface area contributed by atoms with E-state index in [0.717, 1.165) is 42.9 Å². The molecular weight excluding hydrogens is 214 g/mol. The maximum Gasteiger partial charge on any atom is 0.125 e. The molecule has 2 rings (SSSR count). The summed E-state index contributed by atoms with van der Waals surface area (Å²) < 4.78 is 11.3. The number of ether oxygens (including phenoxy) is 2. The molecule has 1 aliphatic heterocycles. The molecule has 0 spiro atoms. The maximum atomic E-state index is 8.89.